The minimum absolute atomic E-state index is 0.0110. The summed E-state index contributed by atoms with van der Waals surface area (Å²) in [5.74, 6) is 1.33. The summed E-state index contributed by atoms with van der Waals surface area (Å²) in [7, 11) is 0. The molecular weight excluding hydrogens is 208 g/mol. The number of rotatable bonds is 4. The van der Waals surface area contributed by atoms with Gasteiger partial charge >= 0.3 is 12.0 Å². The Kier molecular flexibility index (Phi) is 3.43. The molecule has 0 saturated heterocycles. The molecule has 2 atom stereocenters. The molecule has 1 aliphatic carbocycles. The number of carboxylic acid groups (broad SMARTS) is 1. The number of hydrogen-bond donors (Lipinski definition) is 3. The maximum Gasteiger partial charge on any atom is 0.329 e. The van der Waals surface area contributed by atoms with E-state index in [4.69, 9.17) is 11.5 Å². The Hall–Kier alpha value is -1.70. The van der Waals surface area contributed by atoms with Gasteiger partial charge < -0.3 is 15.7 Å². The van der Waals surface area contributed by atoms with Crippen molar-refractivity contribution >= 4 is 12.0 Å². The SMILES string of the molecule is C#CC(C)NC(=O)NC(C)(C(=O)O)C1CC1. The number of carboxylic acids is 1. The van der Waals surface area contributed by atoms with Gasteiger partial charge in [-0.25, -0.2) is 9.59 Å². The first-order chi connectivity index (χ1) is 7.40. The van der Waals surface area contributed by atoms with E-state index in [-0.39, 0.29) is 5.92 Å². The van der Waals surface area contributed by atoms with E-state index < -0.39 is 23.6 Å². The van der Waals surface area contributed by atoms with E-state index in [1.54, 1.807) is 6.92 Å². The molecule has 1 fully saturated rings. The Labute approximate surface area is 94.6 Å². The molecule has 3 N–H and O–H groups in total. The highest BCUT2D eigenvalue weighted by molar-refractivity contribution is 5.86. The van der Waals surface area contributed by atoms with Crippen molar-refractivity contribution in [2.45, 2.75) is 38.3 Å². The summed E-state index contributed by atoms with van der Waals surface area (Å²) in [5.41, 5.74) is -1.20. The summed E-state index contributed by atoms with van der Waals surface area (Å²) in [5, 5.41) is 14.0. The summed E-state index contributed by atoms with van der Waals surface area (Å²) in [4.78, 5) is 22.6. The molecule has 0 aromatic heterocycles. The van der Waals surface area contributed by atoms with Crippen molar-refractivity contribution in [2.24, 2.45) is 5.92 Å². The van der Waals surface area contributed by atoms with Gasteiger partial charge in [0, 0.05) is 0 Å². The summed E-state index contributed by atoms with van der Waals surface area (Å²) >= 11 is 0. The topological polar surface area (TPSA) is 78.4 Å². The predicted octanol–water partition coefficient (Wildman–Crippen LogP) is 0.561. The molecule has 0 aliphatic heterocycles. The van der Waals surface area contributed by atoms with Crippen LogP contribution in [0.3, 0.4) is 0 Å². The van der Waals surface area contributed by atoms with Gasteiger partial charge in [-0.2, -0.15) is 0 Å². The molecule has 0 aromatic carbocycles. The van der Waals surface area contributed by atoms with Gasteiger partial charge in [0.05, 0.1) is 6.04 Å². The first kappa shape index (κ1) is 12.4. The number of nitrogens with one attached hydrogen (secondary N) is 2. The van der Waals surface area contributed by atoms with Crippen molar-refractivity contribution in [2.75, 3.05) is 0 Å². The van der Waals surface area contributed by atoms with Gasteiger partial charge in [-0.1, -0.05) is 5.92 Å². The van der Waals surface area contributed by atoms with Crippen LogP contribution in [0, 0.1) is 18.3 Å². The van der Waals surface area contributed by atoms with Crippen LogP contribution in [0.15, 0.2) is 0 Å². The molecule has 88 valence electrons. The molecule has 0 radical (unpaired) electrons. The second-order valence-electron chi connectivity index (χ2n) is 4.27. The third kappa shape index (κ3) is 2.66. The third-order valence-corrected chi connectivity index (χ3v) is 2.81. The van der Waals surface area contributed by atoms with E-state index >= 15 is 0 Å². The van der Waals surface area contributed by atoms with Crippen LogP contribution >= 0.6 is 0 Å². The maximum absolute atomic E-state index is 11.5. The second-order valence-corrected chi connectivity index (χ2v) is 4.27. The quantitative estimate of drug-likeness (QED) is 0.610. The molecule has 0 bridgehead atoms. The van der Waals surface area contributed by atoms with Crippen molar-refractivity contribution < 1.29 is 14.7 Å². The Bertz CT molecular complexity index is 344. The minimum atomic E-state index is -1.20. The standard InChI is InChI=1S/C11H16N2O3/c1-4-7(2)12-10(16)13-11(3,9(14)15)8-5-6-8/h1,7-8H,5-6H2,2-3H3,(H,14,15)(H2,12,13,16). The Morgan fingerprint density at radius 2 is 2.12 bits per heavy atom. The number of hydrogen-bond acceptors (Lipinski definition) is 2. The van der Waals surface area contributed by atoms with Crippen LogP contribution in [-0.4, -0.2) is 28.7 Å². The van der Waals surface area contributed by atoms with E-state index in [1.807, 2.05) is 0 Å². The zero-order chi connectivity index (χ0) is 12.3. The van der Waals surface area contributed by atoms with Crippen LogP contribution in [0.2, 0.25) is 0 Å². The zero-order valence-corrected chi connectivity index (χ0v) is 9.41. The summed E-state index contributed by atoms with van der Waals surface area (Å²) < 4.78 is 0. The van der Waals surface area contributed by atoms with Crippen molar-refractivity contribution in [1.29, 1.82) is 0 Å². The molecule has 2 amide bonds. The average molecular weight is 224 g/mol. The minimum Gasteiger partial charge on any atom is -0.480 e. The van der Waals surface area contributed by atoms with Gasteiger partial charge in [0.2, 0.25) is 0 Å². The molecule has 0 heterocycles. The number of amides is 2. The van der Waals surface area contributed by atoms with Crippen molar-refractivity contribution in [3.05, 3.63) is 0 Å². The molecule has 1 rings (SSSR count). The molecule has 5 heteroatoms. The smallest absolute Gasteiger partial charge is 0.329 e. The average Bonchev–Trinajstić information content (AvgIpc) is 2.99. The van der Waals surface area contributed by atoms with Gasteiger partial charge in [0.15, 0.2) is 0 Å². The molecule has 16 heavy (non-hydrogen) atoms. The van der Waals surface area contributed by atoms with Crippen LogP contribution in [0.4, 0.5) is 4.79 Å². The van der Waals surface area contributed by atoms with Crippen molar-refractivity contribution in [1.82, 2.24) is 10.6 Å². The Morgan fingerprint density at radius 3 is 2.50 bits per heavy atom. The van der Waals surface area contributed by atoms with E-state index in [0.29, 0.717) is 0 Å². The lowest BCUT2D eigenvalue weighted by Crippen LogP contribution is -2.57. The summed E-state index contributed by atoms with van der Waals surface area (Å²) in [6.07, 6.45) is 6.76. The fourth-order valence-corrected chi connectivity index (χ4v) is 1.50. The normalized spacial score (nSPS) is 20.1. The Morgan fingerprint density at radius 1 is 1.56 bits per heavy atom. The van der Waals surface area contributed by atoms with Crippen molar-refractivity contribution in [3.63, 3.8) is 0 Å². The van der Waals surface area contributed by atoms with Crippen LogP contribution in [0.25, 0.3) is 0 Å². The fourth-order valence-electron chi connectivity index (χ4n) is 1.50. The van der Waals surface area contributed by atoms with Crippen LogP contribution in [0.5, 0.6) is 0 Å². The number of carbonyl (C=O) groups is 2. The van der Waals surface area contributed by atoms with Gasteiger partial charge in [-0.05, 0) is 32.6 Å². The number of terminal acetylenes is 1. The first-order valence-corrected chi connectivity index (χ1v) is 5.18. The number of aliphatic carboxylic acids is 1. The third-order valence-electron chi connectivity index (χ3n) is 2.81. The largest absolute Gasteiger partial charge is 0.480 e. The fraction of sp³-hybridized carbons (Fsp3) is 0.636. The highest BCUT2D eigenvalue weighted by Gasteiger charge is 2.48. The van der Waals surface area contributed by atoms with Crippen LogP contribution in [-0.2, 0) is 4.79 Å². The molecule has 1 saturated carbocycles. The Balaban J connectivity index is 2.60. The molecular formula is C11H16N2O3. The van der Waals surface area contributed by atoms with Crippen LogP contribution < -0.4 is 10.6 Å². The lowest BCUT2D eigenvalue weighted by atomic mass is 9.96. The number of carbonyl (C=O) groups excluding carboxylic acids is 1. The van der Waals surface area contributed by atoms with E-state index in [1.165, 1.54) is 6.92 Å². The molecule has 0 aromatic rings. The monoisotopic (exact) mass is 224 g/mol. The predicted molar refractivity (Wildman–Crippen MR) is 58.7 cm³/mol. The van der Waals surface area contributed by atoms with E-state index in [0.717, 1.165) is 12.8 Å². The van der Waals surface area contributed by atoms with Gasteiger partial charge in [-0.15, -0.1) is 6.42 Å². The number of urea groups is 1. The molecule has 1 aliphatic rings. The molecule has 2 unspecified atom stereocenters. The second kappa shape index (κ2) is 4.44. The lowest BCUT2D eigenvalue weighted by molar-refractivity contribution is -0.144. The van der Waals surface area contributed by atoms with Crippen LogP contribution in [0.1, 0.15) is 26.7 Å². The zero-order valence-electron chi connectivity index (χ0n) is 9.41. The van der Waals surface area contributed by atoms with Gasteiger partial charge in [-0.3, -0.25) is 0 Å². The molecule has 5 nitrogen and oxygen atoms in total. The summed E-state index contributed by atoms with van der Waals surface area (Å²) in [6, 6.07) is -0.959. The van der Waals surface area contributed by atoms with E-state index in [9.17, 15) is 9.59 Å². The van der Waals surface area contributed by atoms with Gasteiger partial charge in [0.25, 0.3) is 0 Å². The highest BCUT2D eigenvalue weighted by atomic mass is 16.4. The molecule has 0 spiro atoms. The first-order valence-electron chi connectivity index (χ1n) is 5.18. The van der Waals surface area contributed by atoms with E-state index in [2.05, 4.69) is 16.6 Å². The maximum atomic E-state index is 11.5. The van der Waals surface area contributed by atoms with Crippen molar-refractivity contribution in [3.8, 4) is 12.3 Å². The lowest BCUT2D eigenvalue weighted by Gasteiger charge is -2.26. The van der Waals surface area contributed by atoms with Gasteiger partial charge in [0.1, 0.15) is 5.54 Å². The highest BCUT2D eigenvalue weighted by Crippen LogP contribution is 2.39. The summed E-state index contributed by atoms with van der Waals surface area (Å²) in [6.45, 7) is 3.17.